The van der Waals surface area contributed by atoms with Gasteiger partial charge in [0, 0.05) is 18.2 Å². The Morgan fingerprint density at radius 1 is 1.13 bits per heavy atom. The van der Waals surface area contributed by atoms with Gasteiger partial charge in [0.05, 0.1) is 17.2 Å². The van der Waals surface area contributed by atoms with Crippen molar-refractivity contribution in [2.24, 2.45) is 5.10 Å². The van der Waals surface area contributed by atoms with Crippen molar-refractivity contribution in [1.82, 2.24) is 15.4 Å². The number of rotatable bonds is 6. The van der Waals surface area contributed by atoms with Crippen molar-refractivity contribution in [3.05, 3.63) is 72.0 Å². The summed E-state index contributed by atoms with van der Waals surface area (Å²) < 4.78 is 5.69. The first kappa shape index (κ1) is 19.5. The summed E-state index contributed by atoms with van der Waals surface area (Å²) in [5.74, 6) is -0.123. The van der Waals surface area contributed by atoms with Crippen molar-refractivity contribution in [3.63, 3.8) is 0 Å². The highest BCUT2D eigenvalue weighted by molar-refractivity contribution is 7.99. The number of benzene rings is 2. The second-order valence-corrected chi connectivity index (χ2v) is 7.27. The van der Waals surface area contributed by atoms with E-state index in [-0.39, 0.29) is 5.91 Å². The number of aromatic nitrogens is 2. The lowest BCUT2D eigenvalue weighted by molar-refractivity contribution is -0.114. The number of imidazole rings is 1. The van der Waals surface area contributed by atoms with E-state index in [0.29, 0.717) is 22.1 Å². The molecule has 9 heteroatoms. The van der Waals surface area contributed by atoms with Gasteiger partial charge in [0.25, 0.3) is 5.91 Å². The van der Waals surface area contributed by atoms with E-state index in [4.69, 9.17) is 4.42 Å². The summed E-state index contributed by atoms with van der Waals surface area (Å²) >= 11 is 1.36. The molecule has 0 spiro atoms. The van der Waals surface area contributed by atoms with Crippen LogP contribution in [0.4, 0.5) is 5.69 Å². The Morgan fingerprint density at radius 3 is 2.83 bits per heavy atom. The summed E-state index contributed by atoms with van der Waals surface area (Å²) in [4.78, 5) is 31.1. The van der Waals surface area contributed by atoms with Gasteiger partial charge < -0.3 is 14.7 Å². The van der Waals surface area contributed by atoms with Gasteiger partial charge in [0.1, 0.15) is 5.76 Å². The number of anilines is 1. The number of hydrogen-bond donors (Lipinski definition) is 3. The Kier molecular flexibility index (Phi) is 5.62. The second kappa shape index (κ2) is 8.66. The Bertz CT molecular complexity index is 1210. The van der Waals surface area contributed by atoms with Crippen LogP contribution in [0.1, 0.15) is 23.0 Å². The van der Waals surface area contributed by atoms with Gasteiger partial charge in [-0.15, -0.1) is 0 Å². The fraction of sp³-hybridized carbons (Fsp3) is 0.0476. The molecule has 2 heterocycles. The highest BCUT2D eigenvalue weighted by Gasteiger charge is 2.08. The predicted octanol–water partition coefficient (Wildman–Crippen LogP) is 4.03. The number of hydrogen-bond acceptors (Lipinski definition) is 6. The molecule has 4 aromatic rings. The lowest BCUT2D eigenvalue weighted by Gasteiger charge is -2.04. The molecule has 0 saturated heterocycles. The Hall–Kier alpha value is -3.85. The number of carbonyl (C=O) groups excluding carboxylic acids is 2. The zero-order valence-corrected chi connectivity index (χ0v) is 16.7. The van der Waals surface area contributed by atoms with Crippen LogP contribution in [0.5, 0.6) is 0 Å². The third kappa shape index (κ3) is 4.76. The zero-order valence-electron chi connectivity index (χ0n) is 15.9. The number of furan rings is 1. The van der Waals surface area contributed by atoms with E-state index in [1.54, 1.807) is 36.4 Å². The maximum atomic E-state index is 12.2. The summed E-state index contributed by atoms with van der Waals surface area (Å²) in [6, 6.07) is 17.9. The molecule has 0 aliphatic heterocycles. The van der Waals surface area contributed by atoms with Gasteiger partial charge in [-0.1, -0.05) is 18.2 Å². The number of fused-ring (bicyclic) bond motifs is 1. The van der Waals surface area contributed by atoms with Crippen molar-refractivity contribution in [1.29, 1.82) is 0 Å². The quantitative estimate of drug-likeness (QED) is 0.323. The molecule has 2 aromatic heterocycles. The average Bonchev–Trinajstić information content (AvgIpc) is 3.34. The Labute approximate surface area is 175 Å². The SMILES string of the molecule is CC(=O)Nc1cccc(C(=O)NN=Cc2ccc(Sc3nc4ccccc4[nH]3)o2)c1. The molecule has 0 bridgehead atoms. The van der Waals surface area contributed by atoms with Crippen molar-refractivity contribution in [2.45, 2.75) is 17.2 Å². The van der Waals surface area contributed by atoms with Gasteiger partial charge in [-0.2, -0.15) is 5.10 Å². The largest absolute Gasteiger partial charge is 0.448 e. The topological polar surface area (TPSA) is 112 Å². The van der Waals surface area contributed by atoms with E-state index in [1.165, 1.54) is 24.9 Å². The summed E-state index contributed by atoms with van der Waals surface area (Å²) in [6.07, 6.45) is 1.41. The summed E-state index contributed by atoms with van der Waals surface area (Å²) in [5, 5.41) is 7.92. The van der Waals surface area contributed by atoms with Gasteiger partial charge >= 0.3 is 0 Å². The standard InChI is InChI=1S/C21H17N5O3S/c1-13(27)23-15-6-4-5-14(11-15)20(28)26-22-12-16-9-10-19(29-16)30-21-24-17-7-2-3-8-18(17)25-21/h2-12H,1H3,(H,23,27)(H,24,25)(H,26,28). The molecule has 0 aliphatic rings. The maximum Gasteiger partial charge on any atom is 0.271 e. The number of H-pyrrole nitrogens is 1. The third-order valence-corrected chi connectivity index (χ3v) is 4.78. The highest BCUT2D eigenvalue weighted by Crippen LogP contribution is 2.28. The molecule has 2 aromatic carbocycles. The minimum absolute atomic E-state index is 0.209. The number of carbonyl (C=O) groups is 2. The van der Waals surface area contributed by atoms with Crippen molar-refractivity contribution < 1.29 is 14.0 Å². The van der Waals surface area contributed by atoms with Gasteiger partial charge in [0.15, 0.2) is 10.2 Å². The molecule has 0 atom stereocenters. The van der Waals surface area contributed by atoms with Gasteiger partial charge in [-0.3, -0.25) is 9.59 Å². The molecule has 0 radical (unpaired) electrons. The minimum atomic E-state index is -0.401. The lowest BCUT2D eigenvalue weighted by Crippen LogP contribution is -2.18. The molecule has 0 fully saturated rings. The van der Waals surface area contributed by atoms with Crippen LogP contribution in [-0.4, -0.2) is 28.0 Å². The first-order valence-corrected chi connectivity index (χ1v) is 9.82. The van der Waals surface area contributed by atoms with E-state index in [1.807, 2.05) is 24.3 Å². The highest BCUT2D eigenvalue weighted by atomic mass is 32.2. The zero-order chi connectivity index (χ0) is 20.9. The molecular weight excluding hydrogens is 402 g/mol. The number of amides is 2. The van der Waals surface area contributed by atoms with Gasteiger partial charge in [-0.05, 0) is 54.2 Å². The molecule has 150 valence electrons. The van der Waals surface area contributed by atoms with Crippen LogP contribution in [0.2, 0.25) is 0 Å². The maximum absolute atomic E-state index is 12.2. The van der Waals surface area contributed by atoms with E-state index in [0.717, 1.165) is 16.2 Å². The average molecular weight is 419 g/mol. The summed E-state index contributed by atoms with van der Waals surface area (Å²) in [6.45, 7) is 1.40. The number of hydrazone groups is 1. The molecule has 3 N–H and O–H groups in total. The molecule has 0 unspecified atom stereocenters. The first-order valence-electron chi connectivity index (χ1n) is 9.00. The third-order valence-electron chi connectivity index (χ3n) is 3.97. The van der Waals surface area contributed by atoms with Crippen LogP contribution in [0.15, 0.2) is 80.4 Å². The van der Waals surface area contributed by atoms with Crippen molar-refractivity contribution >= 4 is 46.5 Å². The second-order valence-electron chi connectivity index (χ2n) is 6.28. The van der Waals surface area contributed by atoms with Crippen LogP contribution >= 0.6 is 11.8 Å². The fourth-order valence-electron chi connectivity index (χ4n) is 2.69. The van der Waals surface area contributed by atoms with E-state index >= 15 is 0 Å². The summed E-state index contributed by atoms with van der Waals surface area (Å²) in [7, 11) is 0. The number of nitrogens with one attached hydrogen (secondary N) is 3. The monoisotopic (exact) mass is 419 g/mol. The first-order chi connectivity index (χ1) is 14.6. The molecular formula is C21H17N5O3S. The Balaban J connectivity index is 1.36. The predicted molar refractivity (Wildman–Crippen MR) is 115 cm³/mol. The lowest BCUT2D eigenvalue weighted by atomic mass is 10.2. The molecule has 4 rings (SSSR count). The van der Waals surface area contributed by atoms with Crippen LogP contribution in [-0.2, 0) is 4.79 Å². The number of nitrogens with zero attached hydrogens (tertiary/aromatic N) is 2. The van der Waals surface area contributed by atoms with Gasteiger partial charge in [-0.25, -0.2) is 10.4 Å². The molecule has 0 saturated carbocycles. The van der Waals surface area contributed by atoms with Crippen LogP contribution in [0.25, 0.3) is 11.0 Å². The van der Waals surface area contributed by atoms with Crippen LogP contribution in [0.3, 0.4) is 0 Å². The number of aromatic amines is 1. The molecule has 0 aliphatic carbocycles. The smallest absolute Gasteiger partial charge is 0.271 e. The number of para-hydroxylation sites is 2. The normalized spacial score (nSPS) is 11.1. The summed E-state index contributed by atoms with van der Waals surface area (Å²) in [5.41, 5.74) is 5.20. The molecule has 2 amide bonds. The molecule has 8 nitrogen and oxygen atoms in total. The van der Waals surface area contributed by atoms with E-state index in [9.17, 15) is 9.59 Å². The van der Waals surface area contributed by atoms with E-state index < -0.39 is 5.91 Å². The minimum Gasteiger partial charge on any atom is -0.448 e. The van der Waals surface area contributed by atoms with E-state index in [2.05, 4.69) is 25.8 Å². The Morgan fingerprint density at radius 2 is 2.00 bits per heavy atom. The fourth-order valence-corrected chi connectivity index (χ4v) is 3.46. The van der Waals surface area contributed by atoms with Crippen molar-refractivity contribution in [3.8, 4) is 0 Å². The van der Waals surface area contributed by atoms with Gasteiger partial charge in [0.2, 0.25) is 5.91 Å². The van der Waals surface area contributed by atoms with Crippen LogP contribution < -0.4 is 10.7 Å². The molecule has 30 heavy (non-hydrogen) atoms. The van der Waals surface area contributed by atoms with Crippen LogP contribution in [0, 0.1) is 0 Å². The van der Waals surface area contributed by atoms with Crippen molar-refractivity contribution in [2.75, 3.05) is 5.32 Å².